The molecule has 6 heteroatoms. The van der Waals surface area contributed by atoms with E-state index in [0.717, 1.165) is 11.8 Å². The number of Topliss-reactive ketones (excluding diaryl/α,β-unsaturated/α-hetero) is 1. The van der Waals surface area contributed by atoms with Gasteiger partial charge in [0.25, 0.3) is 0 Å². The van der Waals surface area contributed by atoms with Gasteiger partial charge in [-0.1, -0.05) is 12.1 Å². The lowest BCUT2D eigenvalue weighted by atomic mass is 10.0. The quantitative estimate of drug-likeness (QED) is 0.791. The molecule has 0 fully saturated rings. The van der Waals surface area contributed by atoms with Crippen molar-refractivity contribution in [1.29, 1.82) is 0 Å². The molecule has 0 saturated heterocycles. The Bertz CT molecular complexity index is 539. The van der Waals surface area contributed by atoms with Crippen LogP contribution in [0, 0.1) is 0 Å². The third-order valence-electron chi connectivity index (χ3n) is 2.73. The molecular weight excluding hydrogens is 266 g/mol. The van der Waals surface area contributed by atoms with Crippen molar-refractivity contribution < 1.29 is 17.9 Å². The van der Waals surface area contributed by atoms with Crippen LogP contribution in [-0.2, 0) is 21.1 Å². The van der Waals surface area contributed by atoms with Crippen LogP contribution in [0.25, 0.3) is 0 Å². The highest BCUT2D eigenvalue weighted by Gasteiger charge is 2.16. The number of ether oxygens (including phenoxy) is 1. The maximum absolute atomic E-state index is 11.9. The van der Waals surface area contributed by atoms with Gasteiger partial charge in [-0.3, -0.25) is 4.79 Å². The summed E-state index contributed by atoms with van der Waals surface area (Å²) in [5.74, 6) is 0.435. The Kier molecular flexibility index (Phi) is 5.50. The van der Waals surface area contributed by atoms with Gasteiger partial charge in [0.2, 0.25) is 0 Å². The van der Waals surface area contributed by atoms with Gasteiger partial charge in [-0.05, 0) is 24.1 Å². The molecule has 0 bridgehead atoms. The largest absolute Gasteiger partial charge is 0.497 e. The number of methoxy groups -OCH3 is 1. The minimum atomic E-state index is -3.09. The van der Waals surface area contributed by atoms with Crippen LogP contribution in [0.2, 0.25) is 0 Å². The zero-order valence-corrected chi connectivity index (χ0v) is 11.9. The lowest BCUT2D eigenvalue weighted by Crippen LogP contribution is -2.33. The van der Waals surface area contributed by atoms with Gasteiger partial charge >= 0.3 is 0 Å². The van der Waals surface area contributed by atoms with E-state index in [-0.39, 0.29) is 24.4 Å². The molecule has 19 heavy (non-hydrogen) atoms. The standard InChI is InChI=1S/C13H19NO4S/c1-18-11-5-3-4-10(8-11)9-13(15)12(14)6-7-19(2,16)17/h3-5,8,12H,6-7,9,14H2,1-2H3. The predicted molar refractivity (Wildman–Crippen MR) is 74.0 cm³/mol. The first-order valence-corrected chi connectivity index (χ1v) is 7.97. The van der Waals surface area contributed by atoms with Gasteiger partial charge in [0, 0.05) is 12.7 Å². The highest BCUT2D eigenvalue weighted by Crippen LogP contribution is 2.13. The van der Waals surface area contributed by atoms with E-state index in [2.05, 4.69) is 0 Å². The first kappa shape index (κ1) is 15.7. The topological polar surface area (TPSA) is 86.5 Å². The molecule has 2 N–H and O–H groups in total. The predicted octanol–water partition coefficient (Wildman–Crippen LogP) is 0.569. The van der Waals surface area contributed by atoms with Crippen molar-refractivity contribution in [2.75, 3.05) is 19.1 Å². The van der Waals surface area contributed by atoms with Gasteiger partial charge in [0.15, 0.2) is 5.78 Å². The fourth-order valence-corrected chi connectivity index (χ4v) is 2.30. The molecule has 5 nitrogen and oxygen atoms in total. The fraction of sp³-hybridized carbons (Fsp3) is 0.462. The van der Waals surface area contributed by atoms with E-state index in [1.165, 1.54) is 0 Å². The summed E-state index contributed by atoms with van der Waals surface area (Å²) in [6.07, 6.45) is 1.47. The Morgan fingerprint density at radius 3 is 2.68 bits per heavy atom. The minimum absolute atomic E-state index is 0.0714. The monoisotopic (exact) mass is 285 g/mol. The Balaban J connectivity index is 2.58. The minimum Gasteiger partial charge on any atom is -0.497 e. The van der Waals surface area contributed by atoms with Crippen molar-refractivity contribution >= 4 is 15.6 Å². The summed E-state index contributed by atoms with van der Waals surface area (Å²) in [6, 6.07) is 6.41. The second-order valence-corrected chi connectivity index (χ2v) is 6.78. The molecule has 1 aromatic rings. The lowest BCUT2D eigenvalue weighted by molar-refractivity contribution is -0.119. The van der Waals surface area contributed by atoms with Crippen molar-refractivity contribution in [3.63, 3.8) is 0 Å². The van der Waals surface area contributed by atoms with E-state index in [1.54, 1.807) is 25.3 Å². The van der Waals surface area contributed by atoms with Crippen LogP contribution in [0.5, 0.6) is 5.75 Å². The van der Waals surface area contributed by atoms with Crippen molar-refractivity contribution in [2.24, 2.45) is 5.73 Å². The molecule has 0 aliphatic carbocycles. The molecule has 0 aromatic heterocycles. The molecule has 0 heterocycles. The Hall–Kier alpha value is -1.40. The number of ketones is 1. The molecule has 1 rings (SSSR count). The number of hydrogen-bond donors (Lipinski definition) is 1. The van der Waals surface area contributed by atoms with Crippen LogP contribution in [0.3, 0.4) is 0 Å². The number of carbonyl (C=O) groups excluding carboxylic acids is 1. The first-order valence-electron chi connectivity index (χ1n) is 5.91. The summed E-state index contributed by atoms with van der Waals surface area (Å²) >= 11 is 0. The smallest absolute Gasteiger partial charge is 0.153 e. The summed E-state index contributed by atoms with van der Waals surface area (Å²) in [4.78, 5) is 11.9. The molecule has 0 amide bonds. The van der Waals surface area contributed by atoms with E-state index >= 15 is 0 Å². The van der Waals surface area contributed by atoms with E-state index in [9.17, 15) is 13.2 Å². The third-order valence-corrected chi connectivity index (χ3v) is 3.70. The van der Waals surface area contributed by atoms with Gasteiger partial charge in [-0.25, -0.2) is 8.42 Å². The number of benzene rings is 1. The van der Waals surface area contributed by atoms with Crippen LogP contribution >= 0.6 is 0 Å². The molecule has 0 aliphatic heterocycles. The number of carbonyl (C=O) groups is 1. The maximum Gasteiger partial charge on any atom is 0.153 e. The van der Waals surface area contributed by atoms with E-state index < -0.39 is 15.9 Å². The molecule has 106 valence electrons. The van der Waals surface area contributed by atoms with Crippen LogP contribution < -0.4 is 10.5 Å². The maximum atomic E-state index is 11.9. The highest BCUT2D eigenvalue weighted by atomic mass is 32.2. The van der Waals surface area contributed by atoms with Crippen LogP contribution in [0.15, 0.2) is 24.3 Å². The van der Waals surface area contributed by atoms with Gasteiger partial charge in [-0.15, -0.1) is 0 Å². The molecular formula is C13H19NO4S. The molecule has 1 atom stereocenters. The van der Waals surface area contributed by atoms with Gasteiger partial charge < -0.3 is 10.5 Å². The molecule has 0 saturated carbocycles. The van der Waals surface area contributed by atoms with E-state index in [4.69, 9.17) is 10.5 Å². The fourth-order valence-electron chi connectivity index (χ4n) is 1.62. The average molecular weight is 285 g/mol. The van der Waals surface area contributed by atoms with Crippen molar-refractivity contribution in [1.82, 2.24) is 0 Å². The van der Waals surface area contributed by atoms with Crippen LogP contribution in [0.1, 0.15) is 12.0 Å². The van der Waals surface area contributed by atoms with Crippen molar-refractivity contribution in [2.45, 2.75) is 18.9 Å². The summed E-state index contributed by atoms with van der Waals surface area (Å²) in [6.45, 7) is 0. The third kappa shape index (κ3) is 5.85. The normalized spacial score (nSPS) is 13.0. The van der Waals surface area contributed by atoms with Crippen molar-refractivity contribution in [3.05, 3.63) is 29.8 Å². The Labute approximate surface area is 113 Å². The number of hydrogen-bond acceptors (Lipinski definition) is 5. The van der Waals surface area contributed by atoms with Gasteiger partial charge in [0.1, 0.15) is 15.6 Å². The van der Waals surface area contributed by atoms with Crippen LogP contribution in [0.4, 0.5) is 0 Å². The first-order chi connectivity index (χ1) is 8.81. The summed E-state index contributed by atoms with van der Waals surface area (Å²) < 4.78 is 27.1. The number of rotatable bonds is 7. The SMILES string of the molecule is COc1cccc(CC(=O)C(N)CCS(C)(=O)=O)c1. The Morgan fingerprint density at radius 1 is 1.42 bits per heavy atom. The molecule has 0 radical (unpaired) electrons. The average Bonchev–Trinajstić information content (AvgIpc) is 2.35. The lowest BCUT2D eigenvalue weighted by Gasteiger charge is -2.10. The Morgan fingerprint density at radius 2 is 2.11 bits per heavy atom. The van der Waals surface area contributed by atoms with E-state index in [1.807, 2.05) is 6.07 Å². The van der Waals surface area contributed by atoms with E-state index in [0.29, 0.717) is 5.75 Å². The number of sulfone groups is 1. The summed E-state index contributed by atoms with van der Waals surface area (Å²) in [7, 11) is -1.53. The zero-order valence-electron chi connectivity index (χ0n) is 11.1. The molecule has 0 aliphatic rings. The second-order valence-electron chi connectivity index (χ2n) is 4.52. The van der Waals surface area contributed by atoms with Gasteiger partial charge in [-0.2, -0.15) is 0 Å². The highest BCUT2D eigenvalue weighted by molar-refractivity contribution is 7.90. The van der Waals surface area contributed by atoms with Gasteiger partial charge in [0.05, 0.1) is 18.9 Å². The molecule has 1 unspecified atom stereocenters. The summed E-state index contributed by atoms with van der Waals surface area (Å²) in [5.41, 5.74) is 6.50. The van der Waals surface area contributed by atoms with Crippen LogP contribution in [-0.4, -0.2) is 39.4 Å². The van der Waals surface area contributed by atoms with Crippen molar-refractivity contribution in [3.8, 4) is 5.75 Å². The zero-order chi connectivity index (χ0) is 14.5. The second kappa shape index (κ2) is 6.68. The number of nitrogens with two attached hydrogens (primary N) is 1. The summed E-state index contributed by atoms with van der Waals surface area (Å²) in [5, 5.41) is 0. The molecule has 0 spiro atoms. The molecule has 1 aromatic carbocycles.